The van der Waals surface area contributed by atoms with Crippen molar-refractivity contribution in [3.63, 3.8) is 0 Å². The van der Waals surface area contributed by atoms with Crippen molar-refractivity contribution >= 4 is 5.52 Å². The Morgan fingerprint density at radius 1 is 1.29 bits per heavy atom. The minimum absolute atomic E-state index is 0.177. The Balaban J connectivity index is 2.02. The largest absolute Gasteiger partial charge is 0.326 e. The summed E-state index contributed by atoms with van der Waals surface area (Å²) in [6.07, 6.45) is 3.30. The number of hydrogen-bond donors (Lipinski definition) is 1. The van der Waals surface area contributed by atoms with Crippen molar-refractivity contribution < 1.29 is 4.39 Å². The molecule has 3 aromatic rings. The van der Waals surface area contributed by atoms with E-state index in [1.165, 1.54) is 15.1 Å². The maximum absolute atomic E-state index is 14.0. The summed E-state index contributed by atoms with van der Waals surface area (Å²) in [5.41, 5.74) is 7.71. The van der Waals surface area contributed by atoms with Crippen molar-refractivity contribution in [3.05, 3.63) is 69.7 Å². The molecule has 0 aliphatic heterocycles. The van der Waals surface area contributed by atoms with Crippen molar-refractivity contribution in [3.8, 4) is 0 Å². The maximum Gasteiger partial charge on any atom is 0.276 e. The molecule has 1 aromatic carbocycles. The molecule has 0 saturated carbocycles. The second-order valence-corrected chi connectivity index (χ2v) is 4.98. The topological polar surface area (TPSA) is 65.3 Å². The van der Waals surface area contributed by atoms with Crippen LogP contribution in [-0.4, -0.2) is 14.2 Å². The third-order valence-electron chi connectivity index (χ3n) is 3.42. The number of benzene rings is 1. The predicted molar refractivity (Wildman–Crippen MR) is 77.6 cm³/mol. The van der Waals surface area contributed by atoms with E-state index in [0.29, 0.717) is 11.1 Å². The summed E-state index contributed by atoms with van der Waals surface area (Å²) in [7, 11) is 0. The van der Waals surface area contributed by atoms with Gasteiger partial charge in [-0.15, -0.1) is 0 Å². The molecule has 2 heterocycles. The van der Waals surface area contributed by atoms with E-state index in [-0.39, 0.29) is 24.5 Å². The van der Waals surface area contributed by atoms with E-state index in [9.17, 15) is 9.18 Å². The van der Waals surface area contributed by atoms with E-state index in [1.807, 2.05) is 6.92 Å². The van der Waals surface area contributed by atoms with Crippen LogP contribution >= 0.6 is 0 Å². The van der Waals surface area contributed by atoms with E-state index < -0.39 is 0 Å². The van der Waals surface area contributed by atoms with Crippen LogP contribution in [0.2, 0.25) is 0 Å². The summed E-state index contributed by atoms with van der Waals surface area (Å²) in [5, 5.41) is 4.18. The maximum atomic E-state index is 14.0. The smallest absolute Gasteiger partial charge is 0.276 e. The quantitative estimate of drug-likeness (QED) is 0.792. The van der Waals surface area contributed by atoms with Gasteiger partial charge in [-0.2, -0.15) is 5.10 Å². The van der Waals surface area contributed by atoms with Crippen molar-refractivity contribution in [1.82, 2.24) is 14.2 Å². The molecule has 0 unspecified atom stereocenters. The third kappa shape index (κ3) is 2.45. The Morgan fingerprint density at radius 2 is 2.10 bits per heavy atom. The van der Waals surface area contributed by atoms with Gasteiger partial charge in [0.05, 0.1) is 12.2 Å². The van der Waals surface area contributed by atoms with Crippen molar-refractivity contribution in [2.45, 2.75) is 20.0 Å². The van der Waals surface area contributed by atoms with Gasteiger partial charge in [0, 0.05) is 24.5 Å². The molecule has 6 heteroatoms. The molecule has 3 rings (SSSR count). The first-order valence-corrected chi connectivity index (χ1v) is 6.61. The normalized spacial score (nSPS) is 11.2. The summed E-state index contributed by atoms with van der Waals surface area (Å²) >= 11 is 0. The van der Waals surface area contributed by atoms with E-state index >= 15 is 0 Å². The predicted octanol–water partition coefficient (Wildman–Crippen LogP) is 1.45. The highest BCUT2D eigenvalue weighted by Gasteiger charge is 2.08. The zero-order valence-electron chi connectivity index (χ0n) is 11.6. The van der Waals surface area contributed by atoms with E-state index in [4.69, 9.17) is 5.73 Å². The molecular formula is C15H15FN4O. The summed E-state index contributed by atoms with van der Waals surface area (Å²) in [6.45, 7) is 2.29. The average molecular weight is 286 g/mol. The van der Waals surface area contributed by atoms with Crippen LogP contribution in [-0.2, 0) is 13.1 Å². The second-order valence-electron chi connectivity index (χ2n) is 4.98. The molecule has 108 valence electrons. The zero-order valence-corrected chi connectivity index (χ0v) is 11.6. The molecule has 0 spiro atoms. The van der Waals surface area contributed by atoms with Gasteiger partial charge in [0.1, 0.15) is 11.3 Å². The van der Waals surface area contributed by atoms with Gasteiger partial charge < -0.3 is 10.3 Å². The van der Waals surface area contributed by atoms with Gasteiger partial charge in [0.25, 0.3) is 5.56 Å². The SMILES string of the molecule is Cc1cc2c(=O)n(Cc3ccc(CN)cc3F)ccn2n1. The minimum Gasteiger partial charge on any atom is -0.326 e. The lowest BCUT2D eigenvalue weighted by molar-refractivity contribution is 0.593. The fourth-order valence-electron chi connectivity index (χ4n) is 2.30. The van der Waals surface area contributed by atoms with E-state index in [1.54, 1.807) is 30.6 Å². The van der Waals surface area contributed by atoms with Crippen LogP contribution in [0, 0.1) is 12.7 Å². The lowest BCUT2D eigenvalue weighted by atomic mass is 10.1. The van der Waals surface area contributed by atoms with Crippen LogP contribution in [0.5, 0.6) is 0 Å². The number of nitrogens with two attached hydrogens (primary N) is 1. The summed E-state index contributed by atoms with van der Waals surface area (Å²) < 4.78 is 17.0. The zero-order chi connectivity index (χ0) is 15.0. The number of rotatable bonds is 3. The van der Waals surface area contributed by atoms with Gasteiger partial charge in [0.2, 0.25) is 0 Å². The molecule has 0 aliphatic rings. The van der Waals surface area contributed by atoms with Crippen molar-refractivity contribution in [1.29, 1.82) is 0 Å². The van der Waals surface area contributed by atoms with Crippen LogP contribution in [0.4, 0.5) is 4.39 Å². The molecule has 0 saturated heterocycles. The molecule has 2 N–H and O–H groups in total. The highest BCUT2D eigenvalue weighted by atomic mass is 19.1. The molecule has 2 aromatic heterocycles. The molecular weight excluding hydrogens is 271 g/mol. The lowest BCUT2D eigenvalue weighted by Gasteiger charge is -2.08. The van der Waals surface area contributed by atoms with Crippen LogP contribution in [0.25, 0.3) is 5.52 Å². The molecule has 5 nitrogen and oxygen atoms in total. The van der Waals surface area contributed by atoms with Crippen molar-refractivity contribution in [2.24, 2.45) is 5.73 Å². The number of aromatic nitrogens is 3. The van der Waals surface area contributed by atoms with E-state index in [0.717, 1.165) is 11.3 Å². The van der Waals surface area contributed by atoms with Crippen LogP contribution in [0.1, 0.15) is 16.8 Å². The molecule has 21 heavy (non-hydrogen) atoms. The van der Waals surface area contributed by atoms with Gasteiger partial charge >= 0.3 is 0 Å². The Morgan fingerprint density at radius 3 is 2.81 bits per heavy atom. The van der Waals surface area contributed by atoms with E-state index in [2.05, 4.69) is 5.10 Å². The number of nitrogens with zero attached hydrogens (tertiary/aromatic N) is 3. The summed E-state index contributed by atoms with van der Waals surface area (Å²) in [5.74, 6) is -0.352. The second kappa shape index (κ2) is 5.14. The number of hydrogen-bond acceptors (Lipinski definition) is 3. The van der Waals surface area contributed by atoms with Crippen LogP contribution in [0.3, 0.4) is 0 Å². The minimum atomic E-state index is -0.352. The van der Waals surface area contributed by atoms with Gasteiger partial charge in [-0.25, -0.2) is 8.91 Å². The molecule has 0 amide bonds. The van der Waals surface area contributed by atoms with Crippen molar-refractivity contribution in [2.75, 3.05) is 0 Å². The van der Waals surface area contributed by atoms with Crippen LogP contribution in [0.15, 0.2) is 41.5 Å². The van der Waals surface area contributed by atoms with Gasteiger partial charge in [0.15, 0.2) is 0 Å². The monoisotopic (exact) mass is 286 g/mol. The molecule has 0 bridgehead atoms. The van der Waals surface area contributed by atoms with Gasteiger partial charge in [-0.1, -0.05) is 12.1 Å². The molecule has 0 aliphatic carbocycles. The Hall–Kier alpha value is -2.47. The standard InChI is InChI=1S/C15H15FN4O/c1-10-6-14-15(21)19(4-5-20(14)18-10)9-12-3-2-11(8-17)7-13(12)16/h2-7H,8-9,17H2,1H3. The fourth-order valence-corrected chi connectivity index (χ4v) is 2.30. The highest BCUT2D eigenvalue weighted by Crippen LogP contribution is 2.11. The summed E-state index contributed by atoms with van der Waals surface area (Å²) in [4.78, 5) is 12.3. The fraction of sp³-hybridized carbons (Fsp3) is 0.200. The average Bonchev–Trinajstić information content (AvgIpc) is 2.85. The first-order chi connectivity index (χ1) is 10.1. The Labute approximate surface area is 120 Å². The van der Waals surface area contributed by atoms with Gasteiger partial charge in [-0.05, 0) is 24.6 Å². The molecule has 0 radical (unpaired) electrons. The lowest BCUT2D eigenvalue weighted by Crippen LogP contribution is -2.22. The Bertz CT molecular complexity index is 866. The number of aryl methyl sites for hydroxylation is 1. The first-order valence-electron chi connectivity index (χ1n) is 6.61. The van der Waals surface area contributed by atoms with Gasteiger partial charge in [-0.3, -0.25) is 4.79 Å². The third-order valence-corrected chi connectivity index (χ3v) is 3.42. The Kier molecular flexibility index (Phi) is 3.31. The highest BCUT2D eigenvalue weighted by molar-refractivity contribution is 5.45. The molecule has 0 atom stereocenters. The first kappa shape index (κ1) is 13.5. The number of fused-ring (bicyclic) bond motifs is 1. The van der Waals surface area contributed by atoms with Crippen LogP contribution < -0.4 is 11.3 Å². The number of halogens is 1. The molecule has 0 fully saturated rings. The summed E-state index contributed by atoms with van der Waals surface area (Å²) in [6, 6.07) is 6.55.